The highest BCUT2D eigenvalue weighted by atomic mass is 35.5. The number of halogens is 1. The maximum absolute atomic E-state index is 12.3. The molecule has 258 valence electrons. The summed E-state index contributed by atoms with van der Waals surface area (Å²) in [4.78, 5) is 47.6. The number of aliphatic imine (C=N–C) groups is 1. The maximum Gasteiger partial charge on any atom is 0.407 e. The summed E-state index contributed by atoms with van der Waals surface area (Å²) in [6.07, 6.45) is 4.62. The lowest BCUT2D eigenvalue weighted by atomic mass is 9.91. The van der Waals surface area contributed by atoms with E-state index in [2.05, 4.69) is 30.9 Å². The van der Waals surface area contributed by atoms with E-state index in [1.165, 1.54) is 0 Å². The fraction of sp³-hybridized carbons (Fsp3) is 0.533. The number of aromatic nitrogens is 2. The number of benzene rings is 1. The molecule has 1 fully saturated rings. The molecular weight excluding hydrogens is 634 g/mol. The van der Waals surface area contributed by atoms with Gasteiger partial charge in [0.15, 0.2) is 28.4 Å². The molecule has 2 aromatic rings. The van der Waals surface area contributed by atoms with Crippen molar-refractivity contribution in [3.8, 4) is 5.75 Å². The highest BCUT2D eigenvalue weighted by Crippen LogP contribution is 2.19. The van der Waals surface area contributed by atoms with Crippen molar-refractivity contribution in [2.45, 2.75) is 64.0 Å². The Morgan fingerprint density at radius 3 is 2.19 bits per heavy atom. The van der Waals surface area contributed by atoms with E-state index in [1.807, 2.05) is 24.3 Å². The molecule has 1 aromatic carbocycles. The lowest BCUT2D eigenvalue weighted by molar-refractivity contribution is 0.0563. The molecule has 0 radical (unpaired) electrons. The van der Waals surface area contributed by atoms with Crippen LogP contribution in [0.1, 0.15) is 61.5 Å². The average molecular weight is 678 g/mol. The summed E-state index contributed by atoms with van der Waals surface area (Å²) < 4.78 is 21.3. The van der Waals surface area contributed by atoms with Crippen molar-refractivity contribution in [3.63, 3.8) is 0 Å². The Morgan fingerprint density at radius 1 is 0.894 bits per heavy atom. The van der Waals surface area contributed by atoms with Crippen LogP contribution in [0.5, 0.6) is 5.75 Å². The first-order valence-corrected chi connectivity index (χ1v) is 15.9. The lowest BCUT2D eigenvalue weighted by Crippen LogP contribution is -2.44. The molecule has 1 heterocycles. The zero-order valence-electron chi connectivity index (χ0n) is 26.5. The minimum atomic E-state index is -0.681. The Kier molecular flexibility index (Phi) is 15.6. The second-order valence-corrected chi connectivity index (χ2v) is 11.0. The number of nitrogens with one attached hydrogen (secondary N) is 3. The Bertz CT molecular complexity index is 1340. The minimum absolute atomic E-state index is 0.0167. The fourth-order valence-electron chi connectivity index (χ4n) is 4.66. The van der Waals surface area contributed by atoms with Crippen LogP contribution < -0.4 is 37.9 Å². The minimum Gasteiger partial charge on any atom is -0.491 e. The molecule has 16 nitrogen and oxygen atoms in total. The Labute approximate surface area is 278 Å². The number of ether oxygens (including phenoxy) is 4. The molecule has 3 amide bonds. The largest absolute Gasteiger partial charge is 0.491 e. The molecule has 0 unspecified atom stereocenters. The number of anilines is 2. The summed E-state index contributed by atoms with van der Waals surface area (Å²) in [6, 6.07) is 7.86. The first kappa shape index (κ1) is 36.9. The smallest absolute Gasteiger partial charge is 0.407 e. The molecule has 1 aliphatic carbocycles. The number of alkyl carbamates (subject to hydrolysis) is 2. The third kappa shape index (κ3) is 13.8. The van der Waals surface area contributed by atoms with Gasteiger partial charge in [0.1, 0.15) is 19.0 Å². The third-order valence-corrected chi connectivity index (χ3v) is 7.32. The summed E-state index contributed by atoms with van der Waals surface area (Å²) >= 11 is 5.80. The summed E-state index contributed by atoms with van der Waals surface area (Å²) in [5, 5.41) is 7.97. The van der Waals surface area contributed by atoms with E-state index < -0.39 is 18.1 Å². The van der Waals surface area contributed by atoms with Crippen molar-refractivity contribution in [1.29, 1.82) is 0 Å². The second kappa shape index (κ2) is 19.8. The van der Waals surface area contributed by atoms with Gasteiger partial charge in [0.25, 0.3) is 5.91 Å². The molecule has 1 saturated carbocycles. The predicted molar refractivity (Wildman–Crippen MR) is 176 cm³/mol. The first-order chi connectivity index (χ1) is 22.6. The quantitative estimate of drug-likeness (QED) is 0.0853. The van der Waals surface area contributed by atoms with Crippen molar-refractivity contribution in [2.75, 3.05) is 51.0 Å². The average Bonchev–Trinajstić information content (AvgIpc) is 3.03. The highest BCUT2D eigenvalue weighted by Gasteiger charge is 2.24. The molecule has 0 bridgehead atoms. The number of unbranched alkanes of at least 4 members (excludes halogenated alkanes) is 1. The van der Waals surface area contributed by atoms with Crippen LogP contribution in [0.15, 0.2) is 29.3 Å². The molecule has 1 aromatic heterocycles. The van der Waals surface area contributed by atoms with E-state index in [1.54, 1.807) is 6.92 Å². The SMILES string of the molecule is CCOC(=O)NC1CCC(NC(=O)OCCOCCOc2ccc(CCCCN=C(N)NC(=O)c3nc(Cl)c(N)nc3N)cc2)CC1. The van der Waals surface area contributed by atoms with Gasteiger partial charge >= 0.3 is 12.2 Å². The predicted octanol–water partition coefficient (Wildman–Crippen LogP) is 2.54. The molecule has 9 N–H and O–H groups in total. The van der Waals surface area contributed by atoms with Crippen LogP contribution in [-0.4, -0.2) is 85.7 Å². The van der Waals surface area contributed by atoms with Gasteiger partial charge in [-0.2, -0.15) is 0 Å². The van der Waals surface area contributed by atoms with Gasteiger partial charge in [-0.1, -0.05) is 23.7 Å². The molecule has 0 spiro atoms. The van der Waals surface area contributed by atoms with Gasteiger partial charge in [-0.05, 0) is 69.6 Å². The molecule has 47 heavy (non-hydrogen) atoms. The molecule has 0 atom stereocenters. The van der Waals surface area contributed by atoms with Gasteiger partial charge in [-0.3, -0.25) is 15.1 Å². The van der Waals surface area contributed by atoms with Crippen LogP contribution in [-0.2, 0) is 20.6 Å². The van der Waals surface area contributed by atoms with Crippen LogP contribution in [0, 0.1) is 0 Å². The van der Waals surface area contributed by atoms with Crippen LogP contribution in [0.2, 0.25) is 5.15 Å². The van der Waals surface area contributed by atoms with Gasteiger partial charge < -0.3 is 46.8 Å². The third-order valence-electron chi connectivity index (χ3n) is 7.04. The van der Waals surface area contributed by atoms with Gasteiger partial charge in [0, 0.05) is 18.6 Å². The number of nitrogens with zero attached hydrogens (tertiary/aromatic N) is 3. The maximum atomic E-state index is 12.3. The Balaban J connectivity index is 1.19. The van der Waals surface area contributed by atoms with Gasteiger partial charge in [0.2, 0.25) is 0 Å². The van der Waals surface area contributed by atoms with Crippen LogP contribution in [0.25, 0.3) is 0 Å². The topological polar surface area (TPSA) is 240 Å². The van der Waals surface area contributed by atoms with E-state index in [-0.39, 0.29) is 53.7 Å². The van der Waals surface area contributed by atoms with Crippen molar-refractivity contribution in [2.24, 2.45) is 10.7 Å². The van der Waals surface area contributed by atoms with Gasteiger partial charge in [0.05, 0.1) is 19.8 Å². The van der Waals surface area contributed by atoms with E-state index in [9.17, 15) is 14.4 Å². The van der Waals surface area contributed by atoms with Crippen molar-refractivity contribution in [3.05, 3.63) is 40.7 Å². The lowest BCUT2D eigenvalue weighted by Gasteiger charge is -2.29. The van der Waals surface area contributed by atoms with E-state index in [4.69, 9.17) is 47.7 Å². The molecule has 0 saturated heterocycles. The van der Waals surface area contributed by atoms with Crippen LogP contribution in [0.4, 0.5) is 21.2 Å². The zero-order chi connectivity index (χ0) is 34.0. The van der Waals surface area contributed by atoms with E-state index in [0.29, 0.717) is 26.4 Å². The molecule has 17 heteroatoms. The fourth-order valence-corrected chi connectivity index (χ4v) is 4.79. The molecular formula is C30H44ClN9O7. The molecule has 3 rings (SSSR count). The Hall–Kier alpha value is -4.57. The number of nitrogen functional groups attached to an aromatic ring is 2. The molecule has 1 aliphatic rings. The van der Waals surface area contributed by atoms with Crippen molar-refractivity contribution < 1.29 is 33.3 Å². The number of aryl methyl sites for hydroxylation is 1. The number of nitrogens with two attached hydrogens (primary N) is 3. The summed E-state index contributed by atoms with van der Waals surface area (Å²) in [6.45, 7) is 3.62. The number of rotatable bonds is 16. The number of amides is 3. The summed E-state index contributed by atoms with van der Waals surface area (Å²) in [5.74, 6) is -0.259. The summed E-state index contributed by atoms with van der Waals surface area (Å²) in [5.41, 5.74) is 17.9. The number of carbonyl (C=O) groups is 3. The van der Waals surface area contributed by atoms with E-state index in [0.717, 1.165) is 56.3 Å². The first-order valence-electron chi connectivity index (χ1n) is 15.5. The second-order valence-electron chi connectivity index (χ2n) is 10.6. The number of hydrogen-bond donors (Lipinski definition) is 6. The molecule has 0 aliphatic heterocycles. The normalized spacial score (nSPS) is 16.2. The van der Waals surface area contributed by atoms with Crippen LogP contribution >= 0.6 is 11.6 Å². The van der Waals surface area contributed by atoms with Gasteiger partial charge in [-0.25, -0.2) is 19.6 Å². The highest BCUT2D eigenvalue weighted by molar-refractivity contribution is 6.31. The van der Waals surface area contributed by atoms with Crippen molar-refractivity contribution in [1.82, 2.24) is 25.9 Å². The Morgan fingerprint density at radius 2 is 1.53 bits per heavy atom. The summed E-state index contributed by atoms with van der Waals surface area (Å²) in [7, 11) is 0. The number of hydrogen-bond acceptors (Lipinski definition) is 12. The van der Waals surface area contributed by atoms with Gasteiger partial charge in [-0.15, -0.1) is 0 Å². The standard InChI is InChI=1S/C30H44ClN9O7/c1-2-45-29(42)36-20-8-10-21(11-9-20)37-30(43)47-18-16-44-15-17-46-22-12-6-19(7-13-22)5-3-4-14-35-28(34)40-27(41)23-25(32)39-26(33)24(31)38-23/h6-7,12-13,20-21H,2-5,8-11,14-18H2,1H3,(H,36,42)(H,37,43)(H4,32,33,39)(H3,34,35,40,41). The number of carbonyl (C=O) groups excluding carboxylic acids is 3. The zero-order valence-corrected chi connectivity index (χ0v) is 27.2. The number of guanidine groups is 1. The monoisotopic (exact) mass is 677 g/mol. The van der Waals surface area contributed by atoms with Crippen molar-refractivity contribution >= 4 is 47.3 Å². The van der Waals surface area contributed by atoms with E-state index >= 15 is 0 Å². The van der Waals surface area contributed by atoms with Crippen LogP contribution in [0.3, 0.4) is 0 Å².